The van der Waals surface area contributed by atoms with E-state index in [1.807, 2.05) is 22.7 Å². The molecule has 0 fully saturated rings. The fourth-order valence-corrected chi connectivity index (χ4v) is 3.99. The number of hydrogen-bond acceptors (Lipinski definition) is 2. The summed E-state index contributed by atoms with van der Waals surface area (Å²) in [5.74, 6) is 0. The summed E-state index contributed by atoms with van der Waals surface area (Å²) in [7, 11) is 0. The van der Waals surface area contributed by atoms with Gasteiger partial charge in [0.25, 0.3) is 0 Å². The molecule has 0 unspecified atom stereocenters. The van der Waals surface area contributed by atoms with Crippen molar-refractivity contribution in [2.24, 2.45) is 0 Å². The van der Waals surface area contributed by atoms with Crippen LogP contribution in [0.3, 0.4) is 0 Å². The fourth-order valence-electron chi connectivity index (χ4n) is 2.12. The second-order valence-electron chi connectivity index (χ2n) is 3.84. The molecule has 0 nitrogen and oxygen atoms in total. The van der Waals surface area contributed by atoms with Crippen molar-refractivity contribution >= 4 is 22.7 Å². The number of fused-ring (bicyclic) bond motifs is 2. The highest BCUT2D eigenvalue weighted by atomic mass is 32.1. The summed E-state index contributed by atoms with van der Waals surface area (Å²) >= 11 is 3.72. The van der Waals surface area contributed by atoms with Crippen LogP contribution in [0.1, 0.15) is 22.3 Å². The van der Waals surface area contributed by atoms with Crippen molar-refractivity contribution in [1.82, 2.24) is 0 Å². The van der Waals surface area contributed by atoms with Crippen LogP contribution < -0.4 is 0 Å². The van der Waals surface area contributed by atoms with Crippen LogP contribution in [0.25, 0.3) is 0 Å². The van der Waals surface area contributed by atoms with Crippen molar-refractivity contribution in [1.29, 1.82) is 0 Å². The third-order valence-electron chi connectivity index (χ3n) is 2.99. The summed E-state index contributed by atoms with van der Waals surface area (Å²) in [4.78, 5) is 0. The average molecular weight is 220 g/mol. The Balaban J connectivity index is 1.96. The van der Waals surface area contributed by atoms with Gasteiger partial charge in [-0.1, -0.05) is 0 Å². The molecule has 2 heteroatoms. The zero-order valence-corrected chi connectivity index (χ0v) is 9.59. The molecule has 1 aliphatic rings. The zero-order chi connectivity index (χ0) is 9.38. The Bertz CT molecular complexity index is 357. The van der Waals surface area contributed by atoms with Gasteiger partial charge in [-0.2, -0.15) is 22.7 Å². The molecule has 72 valence electrons. The molecule has 2 aromatic rings. The quantitative estimate of drug-likeness (QED) is 0.635. The SMILES string of the molecule is c1scc2c1CCc1cscc1CC2. The first-order valence-electron chi connectivity index (χ1n) is 5.01. The van der Waals surface area contributed by atoms with Gasteiger partial charge < -0.3 is 0 Å². The number of aryl methyl sites for hydroxylation is 4. The van der Waals surface area contributed by atoms with Gasteiger partial charge >= 0.3 is 0 Å². The van der Waals surface area contributed by atoms with Crippen LogP contribution in [0, 0.1) is 0 Å². The molecule has 0 aromatic carbocycles. The van der Waals surface area contributed by atoms with E-state index in [9.17, 15) is 0 Å². The molecule has 0 bridgehead atoms. The maximum atomic E-state index is 2.33. The number of rotatable bonds is 0. The first-order chi connectivity index (χ1) is 6.93. The topological polar surface area (TPSA) is 0 Å². The Hall–Kier alpha value is -0.600. The first kappa shape index (κ1) is 8.69. The third kappa shape index (κ3) is 1.43. The summed E-state index contributed by atoms with van der Waals surface area (Å²) in [6.45, 7) is 0. The van der Waals surface area contributed by atoms with Crippen LogP contribution in [0.15, 0.2) is 21.5 Å². The molecule has 14 heavy (non-hydrogen) atoms. The van der Waals surface area contributed by atoms with Gasteiger partial charge in [0.2, 0.25) is 0 Å². The summed E-state index contributed by atoms with van der Waals surface area (Å²) in [5.41, 5.74) is 6.36. The Morgan fingerprint density at radius 1 is 0.571 bits per heavy atom. The predicted octanol–water partition coefficient (Wildman–Crippen LogP) is 3.69. The van der Waals surface area contributed by atoms with E-state index in [0.29, 0.717) is 0 Å². The average Bonchev–Trinajstić information content (AvgIpc) is 2.75. The minimum absolute atomic E-state index is 1.24. The van der Waals surface area contributed by atoms with Crippen LogP contribution in [-0.4, -0.2) is 0 Å². The zero-order valence-electron chi connectivity index (χ0n) is 7.95. The van der Waals surface area contributed by atoms with Crippen molar-refractivity contribution in [2.45, 2.75) is 25.7 Å². The molecule has 0 atom stereocenters. The maximum absolute atomic E-state index is 2.33. The predicted molar refractivity (Wildman–Crippen MR) is 63.5 cm³/mol. The van der Waals surface area contributed by atoms with Gasteiger partial charge in [-0.3, -0.25) is 0 Å². The van der Waals surface area contributed by atoms with Crippen LogP contribution >= 0.6 is 22.7 Å². The number of hydrogen-bond donors (Lipinski definition) is 0. The highest BCUT2D eigenvalue weighted by Crippen LogP contribution is 2.26. The third-order valence-corrected chi connectivity index (χ3v) is 4.68. The summed E-state index contributed by atoms with van der Waals surface area (Å²) in [6, 6.07) is 0. The molecular weight excluding hydrogens is 208 g/mol. The van der Waals surface area contributed by atoms with Crippen molar-refractivity contribution < 1.29 is 0 Å². The van der Waals surface area contributed by atoms with E-state index >= 15 is 0 Å². The van der Waals surface area contributed by atoms with E-state index in [1.165, 1.54) is 25.7 Å². The lowest BCUT2D eigenvalue weighted by Gasteiger charge is -2.10. The van der Waals surface area contributed by atoms with Crippen LogP contribution in [-0.2, 0) is 25.7 Å². The monoisotopic (exact) mass is 220 g/mol. The van der Waals surface area contributed by atoms with E-state index in [2.05, 4.69) is 21.5 Å². The smallest absolute Gasteiger partial charge is 0.00583 e. The Morgan fingerprint density at radius 3 is 1.14 bits per heavy atom. The van der Waals surface area contributed by atoms with Crippen LogP contribution in [0.5, 0.6) is 0 Å². The van der Waals surface area contributed by atoms with Crippen LogP contribution in [0.4, 0.5) is 0 Å². The molecule has 0 spiro atoms. The molecule has 0 aliphatic heterocycles. The Labute approximate surface area is 92.2 Å². The lowest BCUT2D eigenvalue weighted by Crippen LogP contribution is -2.02. The Kier molecular flexibility index (Phi) is 2.18. The first-order valence-corrected chi connectivity index (χ1v) is 6.90. The fraction of sp³-hybridized carbons (Fsp3) is 0.333. The van der Waals surface area contributed by atoms with E-state index in [-0.39, 0.29) is 0 Å². The summed E-state index contributed by atoms with van der Waals surface area (Å²) < 4.78 is 0. The van der Waals surface area contributed by atoms with Crippen molar-refractivity contribution in [3.63, 3.8) is 0 Å². The molecule has 1 aliphatic carbocycles. The van der Waals surface area contributed by atoms with Crippen LogP contribution in [0.2, 0.25) is 0 Å². The molecule has 0 N–H and O–H groups in total. The van der Waals surface area contributed by atoms with Gasteiger partial charge in [0, 0.05) is 0 Å². The second kappa shape index (κ2) is 3.52. The molecule has 2 aromatic heterocycles. The standard InChI is InChI=1S/C12H12S2/c1-2-10-6-14-8-12(10)4-3-11-7-13-5-9(1)11/h5-8H,1-4H2. The number of thiophene rings is 2. The van der Waals surface area contributed by atoms with Crippen molar-refractivity contribution in [3.8, 4) is 0 Å². The van der Waals surface area contributed by atoms with Gasteiger partial charge in [-0.05, 0) is 69.5 Å². The van der Waals surface area contributed by atoms with Gasteiger partial charge in [0.05, 0.1) is 0 Å². The minimum atomic E-state index is 1.24. The van der Waals surface area contributed by atoms with Crippen molar-refractivity contribution in [2.75, 3.05) is 0 Å². The van der Waals surface area contributed by atoms with Gasteiger partial charge in [0.15, 0.2) is 0 Å². The lowest BCUT2D eigenvalue weighted by molar-refractivity contribution is 0.853. The lowest BCUT2D eigenvalue weighted by atomic mass is 9.94. The molecule has 0 saturated heterocycles. The van der Waals surface area contributed by atoms with E-state index in [0.717, 1.165) is 0 Å². The largest absolute Gasteiger partial charge is 0.152 e. The summed E-state index contributed by atoms with van der Waals surface area (Å²) in [5, 5.41) is 9.30. The van der Waals surface area contributed by atoms with E-state index in [4.69, 9.17) is 0 Å². The highest BCUT2D eigenvalue weighted by Gasteiger charge is 2.12. The molecule has 0 saturated carbocycles. The molecule has 0 amide bonds. The van der Waals surface area contributed by atoms with E-state index in [1.54, 1.807) is 22.3 Å². The van der Waals surface area contributed by atoms with Gasteiger partial charge in [-0.15, -0.1) is 0 Å². The molecule has 0 radical (unpaired) electrons. The highest BCUT2D eigenvalue weighted by molar-refractivity contribution is 7.08. The van der Waals surface area contributed by atoms with Gasteiger partial charge in [-0.25, -0.2) is 0 Å². The molecule has 2 heterocycles. The normalized spacial score (nSPS) is 15.4. The molecular formula is C12H12S2. The minimum Gasteiger partial charge on any atom is -0.152 e. The van der Waals surface area contributed by atoms with E-state index < -0.39 is 0 Å². The van der Waals surface area contributed by atoms with Gasteiger partial charge in [0.1, 0.15) is 0 Å². The summed E-state index contributed by atoms with van der Waals surface area (Å²) in [6.07, 6.45) is 4.95. The molecule has 3 rings (SSSR count). The maximum Gasteiger partial charge on any atom is -0.00583 e. The second-order valence-corrected chi connectivity index (χ2v) is 5.33. The Morgan fingerprint density at radius 2 is 0.857 bits per heavy atom. The van der Waals surface area contributed by atoms with Crippen molar-refractivity contribution in [3.05, 3.63) is 43.8 Å².